The number of rotatable bonds is 2. The number of halogens is 1. The molecular weight excluding hydrogens is 328 g/mol. The van der Waals surface area contributed by atoms with E-state index < -0.39 is 0 Å². The van der Waals surface area contributed by atoms with Crippen LogP contribution in [0.4, 0.5) is 5.69 Å². The first-order chi connectivity index (χ1) is 10.1. The van der Waals surface area contributed by atoms with E-state index in [9.17, 15) is 0 Å². The molecular formula is C16H23BrN4. The highest BCUT2D eigenvalue weighted by atomic mass is 79.9. The number of piperidine rings is 2. The van der Waals surface area contributed by atoms with Crippen molar-refractivity contribution in [3.63, 3.8) is 0 Å². The summed E-state index contributed by atoms with van der Waals surface area (Å²) < 4.78 is 1.04. The molecule has 2 heterocycles. The van der Waals surface area contributed by atoms with Crippen molar-refractivity contribution in [3.05, 3.63) is 28.2 Å². The largest absolute Gasteiger partial charge is 0.384 e. The van der Waals surface area contributed by atoms with Crippen LogP contribution in [0.1, 0.15) is 24.8 Å². The minimum absolute atomic E-state index is 0.120. The van der Waals surface area contributed by atoms with Crippen molar-refractivity contribution in [3.8, 4) is 0 Å². The molecule has 0 aromatic heterocycles. The van der Waals surface area contributed by atoms with Crippen LogP contribution in [-0.2, 0) is 0 Å². The van der Waals surface area contributed by atoms with Crippen LogP contribution in [-0.4, -0.2) is 43.5 Å². The Kier molecular flexibility index (Phi) is 4.22. The summed E-state index contributed by atoms with van der Waals surface area (Å²) in [7, 11) is 2.27. The van der Waals surface area contributed by atoms with Crippen LogP contribution in [0, 0.1) is 11.3 Å². The van der Waals surface area contributed by atoms with Crippen molar-refractivity contribution in [1.29, 1.82) is 5.41 Å². The van der Waals surface area contributed by atoms with Crippen LogP contribution in [0.3, 0.4) is 0 Å². The van der Waals surface area contributed by atoms with Gasteiger partial charge in [-0.3, -0.25) is 5.41 Å². The number of hydrogen-bond donors (Lipinski definition) is 2. The lowest BCUT2D eigenvalue weighted by atomic mass is 9.84. The predicted molar refractivity (Wildman–Crippen MR) is 91.1 cm³/mol. The summed E-state index contributed by atoms with van der Waals surface area (Å²) in [5.74, 6) is 0.895. The van der Waals surface area contributed by atoms with Gasteiger partial charge in [-0.2, -0.15) is 0 Å². The van der Waals surface area contributed by atoms with E-state index in [0.717, 1.165) is 35.1 Å². The minimum atomic E-state index is 0.120. The summed E-state index contributed by atoms with van der Waals surface area (Å²) in [5.41, 5.74) is 7.56. The van der Waals surface area contributed by atoms with Crippen LogP contribution < -0.4 is 10.6 Å². The van der Waals surface area contributed by atoms with Crippen LogP contribution in [0.15, 0.2) is 22.7 Å². The lowest BCUT2D eigenvalue weighted by molar-refractivity contribution is 0.102. The first kappa shape index (κ1) is 14.9. The van der Waals surface area contributed by atoms with Crippen LogP contribution in [0.5, 0.6) is 0 Å². The molecule has 0 amide bonds. The van der Waals surface area contributed by atoms with Gasteiger partial charge in [-0.05, 0) is 72.9 Å². The van der Waals surface area contributed by atoms with Gasteiger partial charge >= 0.3 is 0 Å². The smallest absolute Gasteiger partial charge is 0.122 e. The van der Waals surface area contributed by atoms with Gasteiger partial charge in [0.25, 0.3) is 0 Å². The number of amidine groups is 1. The first-order valence-electron chi connectivity index (χ1n) is 7.65. The van der Waals surface area contributed by atoms with E-state index in [4.69, 9.17) is 11.1 Å². The van der Waals surface area contributed by atoms with Crippen molar-refractivity contribution >= 4 is 27.5 Å². The maximum absolute atomic E-state index is 7.53. The monoisotopic (exact) mass is 350 g/mol. The highest BCUT2D eigenvalue weighted by Gasteiger charge is 2.34. The molecule has 1 aromatic carbocycles. The second kappa shape index (κ2) is 5.97. The molecule has 114 valence electrons. The second-order valence-electron chi connectivity index (χ2n) is 6.26. The summed E-state index contributed by atoms with van der Waals surface area (Å²) >= 11 is 3.65. The van der Waals surface area contributed by atoms with E-state index in [1.165, 1.54) is 31.5 Å². The number of anilines is 1. The Bertz CT molecular complexity index is 545. The topological polar surface area (TPSA) is 56.4 Å². The summed E-state index contributed by atoms with van der Waals surface area (Å²) in [6, 6.07) is 6.75. The molecule has 5 heteroatoms. The number of nitrogens with zero attached hydrogens (tertiary/aromatic N) is 2. The predicted octanol–water partition coefficient (Wildman–Crippen LogP) is 2.65. The molecule has 2 aliphatic rings. The van der Waals surface area contributed by atoms with Crippen molar-refractivity contribution < 1.29 is 0 Å². The van der Waals surface area contributed by atoms with Gasteiger partial charge in [0, 0.05) is 29.2 Å². The van der Waals surface area contributed by atoms with Gasteiger partial charge in [-0.25, -0.2) is 0 Å². The van der Waals surface area contributed by atoms with Crippen LogP contribution >= 0.6 is 15.9 Å². The SMILES string of the molecule is CN1CCCC2CN(c3ccc(C(=N)N)cc3Br)CCC21. The van der Waals surface area contributed by atoms with E-state index in [-0.39, 0.29) is 5.84 Å². The maximum Gasteiger partial charge on any atom is 0.122 e. The summed E-state index contributed by atoms with van der Waals surface area (Å²) in [6.45, 7) is 3.48. The van der Waals surface area contributed by atoms with Crippen molar-refractivity contribution in [2.24, 2.45) is 11.7 Å². The minimum Gasteiger partial charge on any atom is -0.384 e. The van der Waals surface area contributed by atoms with Crippen LogP contribution in [0.2, 0.25) is 0 Å². The lowest BCUT2D eigenvalue weighted by Crippen LogP contribution is -2.52. The third kappa shape index (κ3) is 2.94. The molecule has 3 N–H and O–H groups in total. The Labute approximate surface area is 134 Å². The van der Waals surface area contributed by atoms with E-state index in [0.29, 0.717) is 0 Å². The molecule has 3 rings (SSSR count). The fourth-order valence-corrected chi connectivity index (χ4v) is 4.43. The number of nitrogens with one attached hydrogen (secondary N) is 1. The molecule has 2 aliphatic heterocycles. The number of nitrogen functional groups attached to an aromatic ring is 1. The average Bonchev–Trinajstić information content (AvgIpc) is 2.47. The number of likely N-dealkylation sites (tertiary alicyclic amines) is 1. The molecule has 0 bridgehead atoms. The van der Waals surface area contributed by atoms with E-state index in [2.05, 4.69) is 38.8 Å². The first-order valence-corrected chi connectivity index (χ1v) is 8.44. The molecule has 0 spiro atoms. The van der Waals surface area contributed by atoms with Gasteiger partial charge in [0.1, 0.15) is 5.84 Å². The average molecular weight is 351 g/mol. The van der Waals surface area contributed by atoms with Gasteiger partial charge in [-0.1, -0.05) is 0 Å². The van der Waals surface area contributed by atoms with Crippen molar-refractivity contribution in [2.45, 2.75) is 25.3 Å². The van der Waals surface area contributed by atoms with E-state index >= 15 is 0 Å². The quantitative estimate of drug-likeness (QED) is 0.636. The molecule has 1 aromatic rings. The Morgan fingerprint density at radius 3 is 2.86 bits per heavy atom. The Morgan fingerprint density at radius 2 is 2.14 bits per heavy atom. The maximum atomic E-state index is 7.53. The van der Waals surface area contributed by atoms with E-state index in [1.807, 2.05) is 12.1 Å². The van der Waals surface area contributed by atoms with Gasteiger partial charge < -0.3 is 15.5 Å². The number of benzene rings is 1. The highest BCUT2D eigenvalue weighted by Crippen LogP contribution is 2.35. The van der Waals surface area contributed by atoms with Gasteiger partial charge in [0.05, 0.1) is 5.69 Å². The summed E-state index contributed by atoms with van der Waals surface area (Å²) in [5, 5.41) is 7.53. The van der Waals surface area contributed by atoms with E-state index in [1.54, 1.807) is 0 Å². The fraction of sp³-hybridized carbons (Fsp3) is 0.562. The normalized spacial score (nSPS) is 26.5. The van der Waals surface area contributed by atoms with Gasteiger partial charge in [0.2, 0.25) is 0 Å². The Hall–Kier alpha value is -1.07. The fourth-order valence-electron chi connectivity index (χ4n) is 3.80. The third-order valence-corrected chi connectivity index (χ3v) is 5.58. The molecule has 0 radical (unpaired) electrons. The summed E-state index contributed by atoms with van der Waals surface area (Å²) in [6.07, 6.45) is 3.90. The van der Waals surface area contributed by atoms with Gasteiger partial charge in [-0.15, -0.1) is 0 Å². The molecule has 2 atom stereocenters. The second-order valence-corrected chi connectivity index (χ2v) is 7.12. The molecule has 2 saturated heterocycles. The molecule has 0 saturated carbocycles. The van der Waals surface area contributed by atoms with Crippen LogP contribution in [0.25, 0.3) is 0 Å². The lowest BCUT2D eigenvalue weighted by Gasteiger charge is -2.46. The van der Waals surface area contributed by atoms with Crippen molar-refractivity contribution in [1.82, 2.24) is 4.90 Å². The number of fused-ring (bicyclic) bond motifs is 1. The zero-order valence-corrected chi connectivity index (χ0v) is 14.1. The van der Waals surface area contributed by atoms with Crippen molar-refractivity contribution in [2.75, 3.05) is 31.6 Å². The molecule has 4 nitrogen and oxygen atoms in total. The molecule has 21 heavy (non-hydrogen) atoms. The zero-order valence-electron chi connectivity index (χ0n) is 12.5. The Balaban J connectivity index is 1.78. The number of nitrogens with two attached hydrogens (primary N) is 1. The summed E-state index contributed by atoms with van der Waals surface area (Å²) in [4.78, 5) is 5.02. The molecule has 2 fully saturated rings. The van der Waals surface area contributed by atoms with Gasteiger partial charge in [0.15, 0.2) is 0 Å². The third-order valence-electron chi connectivity index (χ3n) is 4.95. The highest BCUT2D eigenvalue weighted by molar-refractivity contribution is 9.10. The molecule has 0 aliphatic carbocycles. The zero-order chi connectivity index (χ0) is 15.0. The standard InChI is InChI=1S/C16H23BrN4/c1-20-7-2-3-12-10-21(8-6-14(12)20)15-5-4-11(16(18)19)9-13(15)17/h4-5,9,12,14H,2-3,6-8,10H2,1H3,(H3,18,19). The Morgan fingerprint density at radius 1 is 1.33 bits per heavy atom. The molecule has 2 unspecified atom stereocenters. The number of hydrogen-bond acceptors (Lipinski definition) is 3.